The van der Waals surface area contributed by atoms with E-state index in [0.29, 0.717) is 0 Å². The Hall–Kier alpha value is -1.98. The van der Waals surface area contributed by atoms with E-state index >= 15 is 0 Å². The van der Waals surface area contributed by atoms with Crippen molar-refractivity contribution in [3.05, 3.63) is 81.8 Å². The van der Waals surface area contributed by atoms with Crippen LogP contribution in [0.25, 0.3) is 0 Å². The maximum atomic E-state index is 10.4. The van der Waals surface area contributed by atoms with Crippen molar-refractivity contribution in [2.75, 3.05) is 0 Å². The molecule has 3 rings (SSSR count). The molecule has 4 nitrogen and oxygen atoms in total. The minimum atomic E-state index is -0.675. The van der Waals surface area contributed by atoms with Crippen LogP contribution >= 0.6 is 15.9 Å². The zero-order valence-corrected chi connectivity index (χ0v) is 13.7. The first-order valence-electron chi connectivity index (χ1n) is 6.98. The average Bonchev–Trinajstić information content (AvgIpc) is 2.92. The molecule has 1 unspecified atom stereocenters. The number of nitrogens with zero attached hydrogens (tertiary/aromatic N) is 3. The maximum Gasteiger partial charge on any atom is 0.106 e. The lowest BCUT2D eigenvalue weighted by Gasteiger charge is -2.12. The van der Waals surface area contributed by atoms with E-state index in [0.717, 1.165) is 33.3 Å². The van der Waals surface area contributed by atoms with Crippen molar-refractivity contribution in [3.8, 4) is 0 Å². The Bertz CT molecular complexity index is 768. The zero-order chi connectivity index (χ0) is 15.5. The summed E-state index contributed by atoms with van der Waals surface area (Å²) in [5.41, 5.74) is 3.91. The largest absolute Gasteiger partial charge is 0.384 e. The Kier molecular flexibility index (Phi) is 4.36. The standard InChI is InChI=1S/C17H16BrN3O/c1-12-7-20-21(10-12)11-13-2-4-14(5-3-13)17(22)15-6-16(18)9-19-8-15/h2-10,17,22H,11H2,1H3. The predicted molar refractivity (Wildman–Crippen MR) is 88.5 cm³/mol. The molecule has 0 saturated carbocycles. The van der Waals surface area contributed by atoms with E-state index in [9.17, 15) is 5.11 Å². The average molecular weight is 358 g/mol. The molecule has 22 heavy (non-hydrogen) atoms. The van der Waals surface area contributed by atoms with Crippen LogP contribution in [0.2, 0.25) is 0 Å². The number of aryl methyl sites for hydroxylation is 1. The van der Waals surface area contributed by atoms with Crippen LogP contribution in [0.15, 0.2) is 59.6 Å². The molecular weight excluding hydrogens is 342 g/mol. The lowest BCUT2D eigenvalue weighted by molar-refractivity contribution is 0.220. The number of halogens is 1. The third kappa shape index (κ3) is 3.43. The second-order valence-corrected chi connectivity index (χ2v) is 6.21. The van der Waals surface area contributed by atoms with Crippen molar-refractivity contribution in [1.82, 2.24) is 14.8 Å². The Labute approximate surface area is 137 Å². The van der Waals surface area contributed by atoms with Crippen LogP contribution in [0, 0.1) is 6.92 Å². The fraction of sp³-hybridized carbons (Fsp3) is 0.176. The molecule has 1 N–H and O–H groups in total. The minimum absolute atomic E-state index is 0.675. The van der Waals surface area contributed by atoms with Crippen LogP contribution in [0.4, 0.5) is 0 Å². The number of pyridine rings is 1. The summed E-state index contributed by atoms with van der Waals surface area (Å²) in [6.07, 6.45) is 6.56. The van der Waals surface area contributed by atoms with Crippen molar-refractivity contribution in [1.29, 1.82) is 0 Å². The predicted octanol–water partition coefficient (Wildman–Crippen LogP) is 3.48. The number of rotatable bonds is 4. The lowest BCUT2D eigenvalue weighted by atomic mass is 10.0. The van der Waals surface area contributed by atoms with E-state index in [2.05, 4.69) is 26.0 Å². The fourth-order valence-electron chi connectivity index (χ4n) is 2.32. The van der Waals surface area contributed by atoms with Gasteiger partial charge in [0.1, 0.15) is 6.10 Å². The van der Waals surface area contributed by atoms with Gasteiger partial charge in [-0.2, -0.15) is 5.10 Å². The molecule has 1 atom stereocenters. The zero-order valence-electron chi connectivity index (χ0n) is 12.1. The van der Waals surface area contributed by atoms with Crippen molar-refractivity contribution < 1.29 is 5.11 Å². The molecule has 112 valence electrons. The van der Waals surface area contributed by atoms with Gasteiger partial charge >= 0.3 is 0 Å². The molecule has 0 saturated heterocycles. The lowest BCUT2D eigenvalue weighted by Crippen LogP contribution is -2.02. The third-order valence-electron chi connectivity index (χ3n) is 3.44. The fourth-order valence-corrected chi connectivity index (χ4v) is 2.70. The van der Waals surface area contributed by atoms with Crippen molar-refractivity contribution in [3.63, 3.8) is 0 Å². The molecule has 0 aliphatic carbocycles. The highest BCUT2D eigenvalue weighted by Crippen LogP contribution is 2.23. The number of aliphatic hydroxyl groups excluding tert-OH is 1. The van der Waals surface area contributed by atoms with Crippen LogP contribution in [0.1, 0.15) is 28.4 Å². The Morgan fingerprint density at radius 3 is 2.55 bits per heavy atom. The molecule has 0 spiro atoms. The summed E-state index contributed by atoms with van der Waals surface area (Å²) in [5, 5.41) is 14.7. The smallest absolute Gasteiger partial charge is 0.106 e. The number of hydrogen-bond acceptors (Lipinski definition) is 3. The molecule has 3 aromatic rings. The van der Waals surface area contributed by atoms with E-state index in [1.165, 1.54) is 0 Å². The van der Waals surface area contributed by atoms with Crippen molar-refractivity contribution >= 4 is 15.9 Å². The molecule has 0 fully saturated rings. The van der Waals surface area contributed by atoms with Crippen molar-refractivity contribution in [2.24, 2.45) is 0 Å². The number of benzene rings is 1. The number of aromatic nitrogens is 3. The quantitative estimate of drug-likeness (QED) is 0.777. The normalized spacial score (nSPS) is 12.3. The van der Waals surface area contributed by atoms with Gasteiger partial charge in [0.2, 0.25) is 0 Å². The van der Waals surface area contributed by atoms with Gasteiger partial charge in [-0.1, -0.05) is 24.3 Å². The van der Waals surface area contributed by atoms with Gasteiger partial charge in [0, 0.05) is 28.6 Å². The van der Waals surface area contributed by atoms with E-state index in [1.54, 1.807) is 12.4 Å². The molecular formula is C17H16BrN3O. The summed E-state index contributed by atoms with van der Waals surface area (Å²) in [6, 6.07) is 9.79. The van der Waals surface area contributed by atoms with Gasteiger partial charge in [-0.05, 0) is 45.6 Å². The van der Waals surface area contributed by atoms with Gasteiger partial charge in [0.15, 0.2) is 0 Å². The highest BCUT2D eigenvalue weighted by Gasteiger charge is 2.11. The monoisotopic (exact) mass is 357 g/mol. The van der Waals surface area contributed by atoms with Crippen LogP contribution in [0.5, 0.6) is 0 Å². The molecule has 0 aliphatic heterocycles. The van der Waals surface area contributed by atoms with Gasteiger partial charge < -0.3 is 5.11 Å². The first-order valence-corrected chi connectivity index (χ1v) is 7.77. The molecule has 2 heterocycles. The highest BCUT2D eigenvalue weighted by molar-refractivity contribution is 9.10. The molecule has 2 aromatic heterocycles. The molecule has 5 heteroatoms. The first-order chi connectivity index (χ1) is 10.6. The minimum Gasteiger partial charge on any atom is -0.384 e. The van der Waals surface area contributed by atoms with Crippen LogP contribution in [0.3, 0.4) is 0 Å². The highest BCUT2D eigenvalue weighted by atomic mass is 79.9. The molecule has 0 amide bonds. The van der Waals surface area contributed by atoms with Gasteiger partial charge in [-0.15, -0.1) is 0 Å². The summed E-state index contributed by atoms with van der Waals surface area (Å²) in [5.74, 6) is 0. The van der Waals surface area contributed by atoms with E-state index < -0.39 is 6.10 Å². The van der Waals surface area contributed by atoms with Gasteiger partial charge in [0.25, 0.3) is 0 Å². The summed E-state index contributed by atoms with van der Waals surface area (Å²) in [4.78, 5) is 4.09. The topological polar surface area (TPSA) is 50.9 Å². The molecule has 0 aliphatic rings. The van der Waals surface area contributed by atoms with Crippen LogP contribution in [-0.4, -0.2) is 19.9 Å². The molecule has 0 bridgehead atoms. The van der Waals surface area contributed by atoms with Crippen LogP contribution < -0.4 is 0 Å². The second-order valence-electron chi connectivity index (χ2n) is 5.30. The SMILES string of the molecule is Cc1cnn(Cc2ccc(C(O)c3cncc(Br)c3)cc2)c1. The second kappa shape index (κ2) is 6.42. The Morgan fingerprint density at radius 2 is 1.91 bits per heavy atom. The van der Waals surface area contributed by atoms with Crippen molar-refractivity contribution in [2.45, 2.75) is 19.6 Å². The Morgan fingerprint density at radius 1 is 1.14 bits per heavy atom. The summed E-state index contributed by atoms with van der Waals surface area (Å²) >= 11 is 3.37. The van der Waals surface area contributed by atoms with Gasteiger partial charge in [-0.3, -0.25) is 9.67 Å². The number of hydrogen-bond donors (Lipinski definition) is 1. The van der Waals surface area contributed by atoms with E-state index in [-0.39, 0.29) is 0 Å². The number of aliphatic hydroxyl groups is 1. The summed E-state index contributed by atoms with van der Waals surface area (Å²) in [7, 11) is 0. The van der Waals surface area contributed by atoms with Gasteiger partial charge in [0.05, 0.1) is 12.7 Å². The maximum absolute atomic E-state index is 10.4. The molecule has 1 aromatic carbocycles. The third-order valence-corrected chi connectivity index (χ3v) is 3.88. The van der Waals surface area contributed by atoms with Gasteiger partial charge in [-0.25, -0.2) is 0 Å². The van der Waals surface area contributed by atoms with E-state index in [4.69, 9.17) is 0 Å². The van der Waals surface area contributed by atoms with Crippen LogP contribution in [-0.2, 0) is 6.54 Å². The van der Waals surface area contributed by atoms with E-state index in [1.807, 2.05) is 54.3 Å². The summed E-state index contributed by atoms with van der Waals surface area (Å²) in [6.45, 7) is 2.75. The first kappa shape index (κ1) is 14.9. The Balaban J connectivity index is 1.76. The summed E-state index contributed by atoms with van der Waals surface area (Å²) < 4.78 is 2.76. The molecule has 0 radical (unpaired) electrons.